The maximum absolute atomic E-state index is 11.1. The number of hydrogen-bond acceptors (Lipinski definition) is 3. The Morgan fingerprint density at radius 3 is 2.67 bits per heavy atom. The zero-order chi connectivity index (χ0) is 8.60. The summed E-state index contributed by atoms with van der Waals surface area (Å²) >= 11 is 0. The monoisotopic (exact) mass is 170 g/mol. The number of piperidine rings is 1. The minimum atomic E-state index is -0.170. The molecule has 4 heteroatoms. The molecule has 1 spiro atoms. The maximum Gasteiger partial charge on any atom is 0.410 e. The quantitative estimate of drug-likeness (QED) is 0.564. The van der Waals surface area contributed by atoms with Crippen molar-refractivity contribution in [2.45, 2.75) is 18.4 Å². The highest BCUT2D eigenvalue weighted by Gasteiger charge is 2.45. The van der Waals surface area contributed by atoms with E-state index in [1.54, 1.807) is 4.90 Å². The maximum atomic E-state index is 11.1. The molecule has 1 N–H and O–H groups in total. The summed E-state index contributed by atoms with van der Waals surface area (Å²) < 4.78 is 5.02. The van der Waals surface area contributed by atoms with Crippen LogP contribution in [0.2, 0.25) is 0 Å². The Kier molecular flexibility index (Phi) is 1.72. The van der Waals surface area contributed by atoms with Crippen molar-refractivity contribution in [3.63, 3.8) is 0 Å². The van der Waals surface area contributed by atoms with Crippen molar-refractivity contribution in [2.75, 3.05) is 26.7 Å². The van der Waals surface area contributed by atoms with Crippen LogP contribution in [0.3, 0.4) is 0 Å². The van der Waals surface area contributed by atoms with Gasteiger partial charge in [0.25, 0.3) is 0 Å². The molecule has 0 aromatic heterocycles. The molecule has 0 aromatic carbocycles. The molecule has 0 saturated carbocycles. The van der Waals surface area contributed by atoms with E-state index in [-0.39, 0.29) is 11.6 Å². The molecule has 2 aliphatic rings. The smallest absolute Gasteiger partial charge is 0.410 e. The third-order valence-electron chi connectivity index (χ3n) is 2.98. The molecule has 0 aliphatic carbocycles. The number of carbonyl (C=O) groups excluding carboxylic acids is 1. The van der Waals surface area contributed by atoms with Crippen LogP contribution in [0.1, 0.15) is 12.8 Å². The van der Waals surface area contributed by atoms with Crippen LogP contribution in [0.25, 0.3) is 0 Å². The fourth-order valence-electron chi connectivity index (χ4n) is 1.96. The van der Waals surface area contributed by atoms with Crippen LogP contribution in [0.5, 0.6) is 0 Å². The number of carbonyl (C=O) groups is 1. The fraction of sp³-hybridized carbons (Fsp3) is 0.875. The lowest BCUT2D eigenvalue weighted by molar-refractivity contribution is 0.148. The van der Waals surface area contributed by atoms with Crippen LogP contribution in [-0.2, 0) is 4.74 Å². The molecular weight excluding hydrogens is 156 g/mol. The van der Waals surface area contributed by atoms with Gasteiger partial charge in [-0.2, -0.15) is 0 Å². The SMILES string of the molecule is CN1C(=O)OCC12CCNCC2. The van der Waals surface area contributed by atoms with E-state index < -0.39 is 0 Å². The molecular formula is C8H14N2O2. The van der Waals surface area contributed by atoms with E-state index >= 15 is 0 Å². The molecule has 0 bridgehead atoms. The van der Waals surface area contributed by atoms with E-state index in [0.717, 1.165) is 25.9 Å². The molecule has 2 rings (SSSR count). The molecule has 2 aliphatic heterocycles. The summed E-state index contributed by atoms with van der Waals surface area (Å²) in [6, 6.07) is 0. The van der Waals surface area contributed by atoms with Gasteiger partial charge in [-0.05, 0) is 25.9 Å². The summed E-state index contributed by atoms with van der Waals surface area (Å²) in [5.41, 5.74) is 0.00231. The average molecular weight is 170 g/mol. The highest BCUT2D eigenvalue weighted by molar-refractivity contribution is 5.70. The number of amides is 1. The van der Waals surface area contributed by atoms with Crippen LogP contribution in [-0.4, -0.2) is 43.3 Å². The summed E-state index contributed by atoms with van der Waals surface area (Å²) in [4.78, 5) is 12.9. The summed E-state index contributed by atoms with van der Waals surface area (Å²) in [7, 11) is 1.83. The van der Waals surface area contributed by atoms with E-state index in [1.165, 1.54) is 0 Å². The van der Waals surface area contributed by atoms with Crippen LogP contribution in [0.4, 0.5) is 4.79 Å². The Hall–Kier alpha value is -0.770. The molecule has 68 valence electrons. The van der Waals surface area contributed by atoms with E-state index in [1.807, 2.05) is 7.05 Å². The van der Waals surface area contributed by atoms with Gasteiger partial charge in [-0.25, -0.2) is 4.79 Å². The van der Waals surface area contributed by atoms with Crippen molar-refractivity contribution in [3.8, 4) is 0 Å². The predicted octanol–water partition coefficient (Wildman–Crippen LogP) is 0.191. The van der Waals surface area contributed by atoms with Gasteiger partial charge in [0, 0.05) is 7.05 Å². The van der Waals surface area contributed by atoms with Crippen molar-refractivity contribution >= 4 is 6.09 Å². The van der Waals surface area contributed by atoms with Crippen molar-refractivity contribution in [2.24, 2.45) is 0 Å². The minimum absolute atomic E-state index is 0.00231. The highest BCUT2D eigenvalue weighted by Crippen LogP contribution is 2.30. The van der Waals surface area contributed by atoms with Gasteiger partial charge >= 0.3 is 6.09 Å². The summed E-state index contributed by atoms with van der Waals surface area (Å²) in [5.74, 6) is 0. The summed E-state index contributed by atoms with van der Waals surface area (Å²) in [6.07, 6.45) is 1.85. The number of rotatable bonds is 0. The van der Waals surface area contributed by atoms with Gasteiger partial charge in [0.2, 0.25) is 0 Å². The molecule has 0 aromatic rings. The zero-order valence-corrected chi connectivity index (χ0v) is 7.30. The first kappa shape index (κ1) is 7.86. The van der Waals surface area contributed by atoms with Gasteiger partial charge in [0.15, 0.2) is 0 Å². The first-order valence-electron chi connectivity index (χ1n) is 4.36. The number of nitrogens with zero attached hydrogens (tertiary/aromatic N) is 1. The van der Waals surface area contributed by atoms with E-state index in [0.29, 0.717) is 6.61 Å². The van der Waals surface area contributed by atoms with Crippen LogP contribution in [0.15, 0.2) is 0 Å². The first-order valence-corrected chi connectivity index (χ1v) is 4.36. The lowest BCUT2D eigenvalue weighted by Crippen LogP contribution is -2.51. The highest BCUT2D eigenvalue weighted by atomic mass is 16.6. The van der Waals surface area contributed by atoms with Crippen LogP contribution >= 0.6 is 0 Å². The van der Waals surface area contributed by atoms with Crippen LogP contribution in [0, 0.1) is 0 Å². The van der Waals surface area contributed by atoms with Crippen molar-refractivity contribution < 1.29 is 9.53 Å². The molecule has 12 heavy (non-hydrogen) atoms. The summed E-state index contributed by atoms with van der Waals surface area (Å²) in [5, 5.41) is 3.28. The Bertz CT molecular complexity index is 199. The molecule has 0 unspecified atom stereocenters. The molecule has 0 radical (unpaired) electrons. The van der Waals surface area contributed by atoms with Gasteiger partial charge in [0.1, 0.15) is 6.61 Å². The molecule has 2 saturated heterocycles. The van der Waals surface area contributed by atoms with Gasteiger partial charge in [-0.1, -0.05) is 0 Å². The minimum Gasteiger partial charge on any atom is -0.447 e. The second-order valence-electron chi connectivity index (χ2n) is 3.59. The zero-order valence-electron chi connectivity index (χ0n) is 7.30. The van der Waals surface area contributed by atoms with Crippen molar-refractivity contribution in [1.29, 1.82) is 0 Å². The van der Waals surface area contributed by atoms with E-state index in [4.69, 9.17) is 4.74 Å². The van der Waals surface area contributed by atoms with Gasteiger partial charge in [0.05, 0.1) is 5.54 Å². The number of cyclic esters (lactones) is 1. The molecule has 4 nitrogen and oxygen atoms in total. The largest absolute Gasteiger partial charge is 0.447 e. The lowest BCUT2D eigenvalue weighted by Gasteiger charge is -2.36. The Morgan fingerprint density at radius 2 is 2.17 bits per heavy atom. The molecule has 2 fully saturated rings. The first-order chi connectivity index (χ1) is 5.75. The number of hydrogen-bond donors (Lipinski definition) is 1. The van der Waals surface area contributed by atoms with Gasteiger partial charge in [-0.15, -0.1) is 0 Å². The standard InChI is InChI=1S/C8H14N2O2/c1-10-7(11)12-6-8(10)2-4-9-5-3-8/h9H,2-6H2,1H3. The number of likely N-dealkylation sites (N-methyl/N-ethyl adjacent to an activating group) is 1. The average Bonchev–Trinajstić information content (AvgIpc) is 2.37. The third-order valence-corrected chi connectivity index (χ3v) is 2.98. The number of ether oxygens (including phenoxy) is 1. The molecule has 1 amide bonds. The van der Waals surface area contributed by atoms with Crippen molar-refractivity contribution in [1.82, 2.24) is 10.2 Å². The fourth-order valence-corrected chi connectivity index (χ4v) is 1.96. The second kappa shape index (κ2) is 2.62. The Labute approximate surface area is 71.9 Å². The normalized spacial score (nSPS) is 27.8. The predicted molar refractivity (Wildman–Crippen MR) is 43.9 cm³/mol. The van der Waals surface area contributed by atoms with Gasteiger partial charge < -0.3 is 15.0 Å². The lowest BCUT2D eigenvalue weighted by atomic mass is 9.89. The van der Waals surface area contributed by atoms with Crippen molar-refractivity contribution in [3.05, 3.63) is 0 Å². The van der Waals surface area contributed by atoms with E-state index in [9.17, 15) is 4.79 Å². The Morgan fingerprint density at radius 1 is 1.50 bits per heavy atom. The van der Waals surface area contributed by atoms with Crippen LogP contribution < -0.4 is 5.32 Å². The number of nitrogens with one attached hydrogen (secondary N) is 1. The molecule has 0 atom stereocenters. The topological polar surface area (TPSA) is 41.6 Å². The van der Waals surface area contributed by atoms with Gasteiger partial charge in [-0.3, -0.25) is 0 Å². The summed E-state index contributed by atoms with van der Waals surface area (Å²) in [6.45, 7) is 2.55. The molecule has 2 heterocycles. The third kappa shape index (κ3) is 0.982. The second-order valence-corrected chi connectivity index (χ2v) is 3.59. The van der Waals surface area contributed by atoms with E-state index in [2.05, 4.69) is 5.32 Å². The Balaban J connectivity index is 2.14.